The standard InChI is InChI=1S/C18H34N2O7S.Li/c1-5-6-10-7-11(20(3)8-10)17(25)19-12(9(2)21)16-14(23)13(22)15(24)18(27-16)28(4)26;/h9-16,18,21-24H,5-8H2,1-4H3,(H,19,25);/q;+1/t9-,10+,11-,12?,13+,14-,15-,16-,18-,28?;/m1./s1. The minimum absolute atomic E-state index is 0. The molecule has 0 aromatic rings. The predicted molar refractivity (Wildman–Crippen MR) is 104 cm³/mol. The van der Waals surface area contributed by atoms with E-state index in [1.165, 1.54) is 13.2 Å². The van der Waals surface area contributed by atoms with Crippen LogP contribution in [0.3, 0.4) is 0 Å². The summed E-state index contributed by atoms with van der Waals surface area (Å²) >= 11 is 0. The molecule has 0 spiro atoms. The van der Waals surface area contributed by atoms with Crippen LogP contribution in [0.1, 0.15) is 33.1 Å². The van der Waals surface area contributed by atoms with Crippen LogP contribution in [0.25, 0.3) is 0 Å². The second-order valence-electron chi connectivity index (χ2n) is 8.06. The van der Waals surface area contributed by atoms with Gasteiger partial charge < -0.3 is 30.5 Å². The van der Waals surface area contributed by atoms with Gasteiger partial charge in [-0.05, 0) is 32.7 Å². The molecule has 0 radical (unpaired) electrons. The number of nitrogens with one attached hydrogen (secondary N) is 1. The summed E-state index contributed by atoms with van der Waals surface area (Å²) in [6, 6.07) is -1.39. The van der Waals surface area contributed by atoms with Crippen molar-refractivity contribution in [3.8, 4) is 0 Å². The largest absolute Gasteiger partial charge is 1.00 e. The first kappa shape index (κ1) is 27.0. The van der Waals surface area contributed by atoms with Gasteiger partial charge in [-0.25, -0.2) is 0 Å². The van der Waals surface area contributed by atoms with E-state index in [-0.39, 0.29) is 30.8 Å². The maximum Gasteiger partial charge on any atom is 1.00 e. The number of nitrogens with zero attached hydrogens (tertiary/aromatic N) is 1. The molecule has 5 N–H and O–H groups in total. The minimum atomic E-state index is -1.64. The fraction of sp³-hybridized carbons (Fsp3) is 0.944. The molecule has 29 heavy (non-hydrogen) atoms. The zero-order valence-corrected chi connectivity index (χ0v) is 18.7. The third kappa shape index (κ3) is 6.25. The molecule has 0 aromatic carbocycles. The summed E-state index contributed by atoms with van der Waals surface area (Å²) in [5.41, 5.74) is -1.23. The van der Waals surface area contributed by atoms with E-state index >= 15 is 0 Å². The number of hydrogen-bond acceptors (Lipinski definition) is 8. The molecule has 0 bridgehead atoms. The number of hydrogen-bond donors (Lipinski definition) is 5. The molecule has 0 aromatic heterocycles. The van der Waals surface area contributed by atoms with Crippen molar-refractivity contribution in [3.05, 3.63) is 0 Å². The van der Waals surface area contributed by atoms with Gasteiger partial charge in [0.05, 0.1) is 29.0 Å². The van der Waals surface area contributed by atoms with Crippen molar-refractivity contribution in [2.45, 2.75) is 81.1 Å². The summed E-state index contributed by atoms with van der Waals surface area (Å²) in [4.78, 5) is 14.8. The van der Waals surface area contributed by atoms with Gasteiger partial charge in [-0.2, -0.15) is 0 Å². The van der Waals surface area contributed by atoms with Crippen LogP contribution in [0.5, 0.6) is 0 Å². The van der Waals surface area contributed by atoms with Crippen LogP contribution < -0.4 is 24.2 Å². The third-order valence-electron chi connectivity index (χ3n) is 5.75. The van der Waals surface area contributed by atoms with Crippen molar-refractivity contribution in [2.75, 3.05) is 19.8 Å². The molecule has 2 fully saturated rings. The molecule has 9 nitrogen and oxygen atoms in total. The number of likely N-dealkylation sites (N-methyl/N-ethyl adjacent to an activating group) is 1. The Morgan fingerprint density at radius 2 is 1.90 bits per heavy atom. The number of carbonyl (C=O) groups is 1. The fourth-order valence-electron chi connectivity index (χ4n) is 4.21. The van der Waals surface area contributed by atoms with Crippen molar-refractivity contribution in [1.29, 1.82) is 0 Å². The van der Waals surface area contributed by atoms with Gasteiger partial charge >= 0.3 is 18.9 Å². The Labute approximate surface area is 186 Å². The molecule has 2 aliphatic rings. The Balaban J connectivity index is 0.00000420. The Kier molecular flexibility index (Phi) is 10.8. The maximum absolute atomic E-state index is 12.9. The van der Waals surface area contributed by atoms with Crippen LogP contribution >= 0.6 is 0 Å². The number of likely N-dealkylation sites (tertiary alicyclic amines) is 1. The van der Waals surface area contributed by atoms with E-state index in [4.69, 9.17) is 4.74 Å². The summed E-state index contributed by atoms with van der Waals surface area (Å²) in [6.07, 6.45) is -2.90. The molecule has 0 aliphatic carbocycles. The van der Waals surface area contributed by atoms with Gasteiger partial charge in [0.15, 0.2) is 5.44 Å². The molecule has 1 amide bonds. The summed E-state index contributed by atoms with van der Waals surface area (Å²) in [5.74, 6) is 0.133. The molecule has 2 aliphatic heterocycles. The number of aliphatic hydroxyl groups is 4. The summed E-state index contributed by atoms with van der Waals surface area (Å²) in [5, 5.41) is 43.4. The van der Waals surface area contributed by atoms with Crippen LogP contribution in [-0.4, -0.2) is 103 Å². The second-order valence-corrected chi connectivity index (χ2v) is 9.52. The van der Waals surface area contributed by atoms with E-state index in [0.29, 0.717) is 12.3 Å². The van der Waals surface area contributed by atoms with Crippen molar-refractivity contribution < 1.29 is 53.0 Å². The average Bonchev–Trinajstić information content (AvgIpc) is 2.98. The summed E-state index contributed by atoms with van der Waals surface area (Å²) < 4.78 is 17.4. The number of carbonyl (C=O) groups excluding carboxylic acids is 1. The molecule has 2 unspecified atom stereocenters. The summed E-state index contributed by atoms with van der Waals surface area (Å²) in [6.45, 7) is 4.36. The van der Waals surface area contributed by atoms with Crippen LogP contribution in [0, 0.1) is 5.92 Å². The van der Waals surface area contributed by atoms with Gasteiger partial charge in [0.2, 0.25) is 5.91 Å². The predicted octanol–water partition coefficient (Wildman–Crippen LogP) is -4.84. The first-order valence-corrected chi connectivity index (χ1v) is 11.4. The van der Waals surface area contributed by atoms with E-state index in [1.807, 2.05) is 11.9 Å². The Morgan fingerprint density at radius 1 is 1.28 bits per heavy atom. The second kappa shape index (κ2) is 11.6. The molecule has 2 heterocycles. The minimum Gasteiger partial charge on any atom is -0.391 e. The Hall–Kier alpha value is -0.0226. The normalized spacial score (nSPS) is 38.7. The van der Waals surface area contributed by atoms with Crippen molar-refractivity contribution in [1.82, 2.24) is 10.2 Å². The van der Waals surface area contributed by atoms with E-state index in [1.54, 1.807) is 0 Å². The van der Waals surface area contributed by atoms with Gasteiger partial charge in [-0.1, -0.05) is 13.3 Å². The molecule has 2 saturated heterocycles. The van der Waals surface area contributed by atoms with Gasteiger partial charge in [0, 0.05) is 12.8 Å². The topological polar surface area (TPSA) is 140 Å². The first-order valence-electron chi connectivity index (χ1n) is 9.79. The van der Waals surface area contributed by atoms with Gasteiger partial charge in [0.25, 0.3) is 0 Å². The zero-order chi connectivity index (χ0) is 21.2. The SMILES string of the molecule is CCC[C@H]1C[C@H](C(=O)NC([C@H]2O[C@H](S(C)=O)[C@H](O)[C@@H](O)[C@H]2O)[C@@H](C)O)N(C)C1.[Li+]. The van der Waals surface area contributed by atoms with Crippen molar-refractivity contribution >= 4 is 16.7 Å². The molecule has 10 atom stereocenters. The van der Waals surface area contributed by atoms with Crippen LogP contribution in [-0.2, 0) is 20.3 Å². The number of ether oxygens (including phenoxy) is 1. The van der Waals surface area contributed by atoms with Crippen molar-refractivity contribution in [3.63, 3.8) is 0 Å². The molecule has 164 valence electrons. The first-order chi connectivity index (χ1) is 13.1. The summed E-state index contributed by atoms with van der Waals surface area (Å²) in [7, 11) is 0.233. The Bertz CT molecular complexity index is 570. The monoisotopic (exact) mass is 429 g/mol. The third-order valence-corrected chi connectivity index (χ3v) is 6.79. The molecule has 2 rings (SSSR count). The number of rotatable bonds is 7. The van der Waals surface area contributed by atoms with Crippen LogP contribution in [0.4, 0.5) is 0 Å². The molecular formula is C18H34LiN2O7S+. The molecular weight excluding hydrogens is 395 g/mol. The van der Waals surface area contributed by atoms with Gasteiger partial charge in [-0.15, -0.1) is 0 Å². The fourth-order valence-corrected chi connectivity index (χ4v) is 5.05. The van der Waals surface area contributed by atoms with Crippen LogP contribution in [0.2, 0.25) is 0 Å². The number of amides is 1. The van der Waals surface area contributed by atoms with Crippen LogP contribution in [0.15, 0.2) is 0 Å². The van der Waals surface area contributed by atoms with Gasteiger partial charge in [0.1, 0.15) is 24.4 Å². The number of aliphatic hydroxyl groups excluding tert-OH is 4. The van der Waals surface area contributed by atoms with E-state index in [9.17, 15) is 29.4 Å². The average molecular weight is 429 g/mol. The quantitative estimate of drug-likeness (QED) is 0.254. The van der Waals surface area contributed by atoms with E-state index < -0.39 is 52.8 Å². The smallest absolute Gasteiger partial charge is 0.391 e. The zero-order valence-electron chi connectivity index (χ0n) is 17.9. The van der Waals surface area contributed by atoms with Crippen molar-refractivity contribution in [2.24, 2.45) is 5.92 Å². The van der Waals surface area contributed by atoms with Gasteiger partial charge in [-0.3, -0.25) is 13.9 Å². The molecule has 11 heteroatoms. The maximum atomic E-state index is 12.9. The Morgan fingerprint density at radius 3 is 2.41 bits per heavy atom. The van der Waals surface area contributed by atoms with E-state index in [0.717, 1.165) is 19.4 Å². The molecule has 0 saturated carbocycles. The van der Waals surface area contributed by atoms with E-state index in [2.05, 4.69) is 12.2 Å².